The maximum Gasteiger partial charge on any atom is 0.317 e. The van der Waals surface area contributed by atoms with E-state index in [0.29, 0.717) is 18.3 Å². The molecule has 0 spiro atoms. The number of carbonyl (C=O) groups excluding carboxylic acids is 2. The highest BCUT2D eigenvalue weighted by atomic mass is 32.2. The SMILES string of the molecule is C[C@H](C[S@](C)=O)N(C)C(=O)[C@@H]1CCCN(C(=O)NC2CCCC2)C1. The molecule has 24 heavy (non-hydrogen) atoms. The van der Waals surface area contributed by atoms with Gasteiger partial charge in [0.05, 0.1) is 5.92 Å². The first-order chi connectivity index (χ1) is 11.4. The largest absolute Gasteiger partial charge is 0.342 e. The summed E-state index contributed by atoms with van der Waals surface area (Å²) in [5, 5.41) is 3.11. The van der Waals surface area contributed by atoms with Crippen molar-refractivity contribution in [2.24, 2.45) is 5.92 Å². The van der Waals surface area contributed by atoms with Gasteiger partial charge in [0.2, 0.25) is 5.91 Å². The van der Waals surface area contributed by atoms with E-state index in [2.05, 4.69) is 5.32 Å². The molecule has 1 saturated heterocycles. The molecule has 1 aliphatic carbocycles. The summed E-state index contributed by atoms with van der Waals surface area (Å²) in [6, 6.07) is 0.228. The Hall–Kier alpha value is -1.11. The smallest absolute Gasteiger partial charge is 0.317 e. The van der Waals surface area contributed by atoms with Crippen molar-refractivity contribution >= 4 is 22.7 Å². The van der Waals surface area contributed by atoms with Crippen LogP contribution in [0, 0.1) is 5.92 Å². The molecule has 7 heteroatoms. The lowest BCUT2D eigenvalue weighted by Gasteiger charge is -2.36. The van der Waals surface area contributed by atoms with Crippen LogP contribution in [-0.4, -0.2) is 70.2 Å². The van der Waals surface area contributed by atoms with Gasteiger partial charge in [-0.2, -0.15) is 0 Å². The van der Waals surface area contributed by atoms with Crippen molar-refractivity contribution < 1.29 is 13.8 Å². The highest BCUT2D eigenvalue weighted by Crippen LogP contribution is 2.21. The quantitative estimate of drug-likeness (QED) is 0.812. The van der Waals surface area contributed by atoms with Gasteiger partial charge in [0.15, 0.2) is 0 Å². The van der Waals surface area contributed by atoms with E-state index in [1.165, 1.54) is 12.8 Å². The summed E-state index contributed by atoms with van der Waals surface area (Å²) in [7, 11) is 0.852. The Labute approximate surface area is 147 Å². The molecule has 0 radical (unpaired) electrons. The van der Waals surface area contributed by atoms with E-state index in [1.807, 2.05) is 6.92 Å². The summed E-state index contributed by atoms with van der Waals surface area (Å²) in [6.07, 6.45) is 7.84. The molecule has 0 unspecified atom stereocenters. The van der Waals surface area contributed by atoms with Gasteiger partial charge in [-0.15, -0.1) is 0 Å². The zero-order valence-corrected chi connectivity index (χ0v) is 15.9. The Morgan fingerprint density at radius 3 is 2.54 bits per heavy atom. The summed E-state index contributed by atoms with van der Waals surface area (Å²) in [5.74, 6) is 0.401. The zero-order chi connectivity index (χ0) is 17.7. The zero-order valence-electron chi connectivity index (χ0n) is 15.1. The number of amides is 3. The number of rotatable bonds is 5. The predicted molar refractivity (Wildman–Crippen MR) is 96.3 cm³/mol. The van der Waals surface area contributed by atoms with E-state index < -0.39 is 10.8 Å². The fourth-order valence-electron chi connectivity index (χ4n) is 3.66. The average Bonchev–Trinajstić information content (AvgIpc) is 3.05. The summed E-state index contributed by atoms with van der Waals surface area (Å²) in [6.45, 7) is 3.14. The first kappa shape index (κ1) is 19.2. The van der Waals surface area contributed by atoms with E-state index in [0.717, 1.165) is 32.2 Å². The number of urea groups is 1. The molecule has 0 aromatic heterocycles. The minimum absolute atomic E-state index is 0.0234. The van der Waals surface area contributed by atoms with Gasteiger partial charge in [-0.1, -0.05) is 12.8 Å². The maximum absolute atomic E-state index is 12.7. The van der Waals surface area contributed by atoms with Crippen LogP contribution in [-0.2, 0) is 15.6 Å². The molecular formula is C17H31N3O3S. The lowest BCUT2D eigenvalue weighted by molar-refractivity contribution is -0.137. The second-order valence-corrected chi connectivity index (χ2v) is 8.73. The second-order valence-electron chi connectivity index (χ2n) is 7.25. The van der Waals surface area contributed by atoms with Crippen LogP contribution in [0.5, 0.6) is 0 Å². The number of piperidine rings is 1. The fourth-order valence-corrected chi connectivity index (χ4v) is 4.56. The maximum atomic E-state index is 12.7. The van der Waals surface area contributed by atoms with Crippen LogP contribution in [0.1, 0.15) is 45.4 Å². The molecule has 3 atom stereocenters. The first-order valence-electron chi connectivity index (χ1n) is 9.00. The molecule has 0 aromatic rings. The van der Waals surface area contributed by atoms with Crippen molar-refractivity contribution in [1.82, 2.24) is 15.1 Å². The van der Waals surface area contributed by atoms with Crippen LogP contribution < -0.4 is 5.32 Å². The Balaban J connectivity index is 1.87. The predicted octanol–water partition coefficient (Wildman–Crippen LogP) is 1.58. The van der Waals surface area contributed by atoms with Crippen LogP contribution >= 0.6 is 0 Å². The van der Waals surface area contributed by atoms with Gasteiger partial charge >= 0.3 is 6.03 Å². The number of nitrogens with zero attached hydrogens (tertiary/aromatic N) is 2. The van der Waals surface area contributed by atoms with E-state index in [1.54, 1.807) is 23.1 Å². The van der Waals surface area contributed by atoms with Crippen molar-refractivity contribution in [3.63, 3.8) is 0 Å². The van der Waals surface area contributed by atoms with Gasteiger partial charge < -0.3 is 15.1 Å². The molecule has 2 rings (SSSR count). The monoisotopic (exact) mass is 357 g/mol. The molecule has 1 heterocycles. The first-order valence-corrected chi connectivity index (χ1v) is 10.7. The number of carbonyl (C=O) groups is 2. The van der Waals surface area contributed by atoms with Gasteiger partial charge in [-0.25, -0.2) is 4.79 Å². The van der Waals surface area contributed by atoms with E-state index in [-0.39, 0.29) is 23.9 Å². The lowest BCUT2D eigenvalue weighted by atomic mass is 9.96. The van der Waals surface area contributed by atoms with Gasteiger partial charge in [-0.05, 0) is 32.6 Å². The average molecular weight is 358 g/mol. The molecule has 1 saturated carbocycles. The minimum Gasteiger partial charge on any atom is -0.342 e. The Bertz CT molecular complexity index is 480. The van der Waals surface area contributed by atoms with Crippen LogP contribution in [0.3, 0.4) is 0 Å². The van der Waals surface area contributed by atoms with Gasteiger partial charge in [0.1, 0.15) is 0 Å². The third kappa shape index (κ3) is 5.19. The normalized spacial score (nSPS) is 24.5. The minimum atomic E-state index is -0.924. The molecular weight excluding hydrogens is 326 g/mol. The van der Waals surface area contributed by atoms with Crippen LogP contribution in [0.15, 0.2) is 0 Å². The molecule has 6 nitrogen and oxygen atoms in total. The molecule has 2 fully saturated rings. The number of hydrogen-bond acceptors (Lipinski definition) is 3. The van der Waals surface area contributed by atoms with Crippen molar-refractivity contribution in [3.05, 3.63) is 0 Å². The molecule has 138 valence electrons. The summed E-state index contributed by atoms with van der Waals surface area (Å²) in [4.78, 5) is 28.6. The highest BCUT2D eigenvalue weighted by molar-refractivity contribution is 7.84. The van der Waals surface area contributed by atoms with Crippen LogP contribution in [0.4, 0.5) is 4.79 Å². The standard InChI is InChI=1S/C17H31N3O3S/c1-13(12-24(3)23)19(2)16(21)14-7-6-10-20(11-14)17(22)18-15-8-4-5-9-15/h13-15H,4-12H2,1-3H3,(H,18,22)/t13-,14-,24+/m1/s1. The van der Waals surface area contributed by atoms with Gasteiger partial charge in [0.25, 0.3) is 0 Å². The third-order valence-corrected chi connectivity index (χ3v) is 6.18. The molecule has 1 N–H and O–H groups in total. The summed E-state index contributed by atoms with van der Waals surface area (Å²) in [5.41, 5.74) is 0. The number of nitrogens with one attached hydrogen (secondary N) is 1. The molecule has 3 amide bonds. The molecule has 0 bridgehead atoms. The van der Waals surface area contributed by atoms with Crippen molar-refractivity contribution in [3.8, 4) is 0 Å². The number of hydrogen-bond donors (Lipinski definition) is 1. The van der Waals surface area contributed by atoms with E-state index >= 15 is 0 Å². The summed E-state index contributed by atoms with van der Waals surface area (Å²) < 4.78 is 11.4. The van der Waals surface area contributed by atoms with E-state index in [4.69, 9.17) is 0 Å². The Kier molecular flexibility index (Phi) is 7.07. The van der Waals surface area contributed by atoms with Gasteiger partial charge in [-0.3, -0.25) is 9.00 Å². The van der Waals surface area contributed by atoms with E-state index in [9.17, 15) is 13.8 Å². The van der Waals surface area contributed by atoms with Crippen molar-refractivity contribution in [2.75, 3.05) is 32.1 Å². The highest BCUT2D eigenvalue weighted by Gasteiger charge is 2.32. The number of likely N-dealkylation sites (tertiary alicyclic amines) is 1. The van der Waals surface area contributed by atoms with Crippen molar-refractivity contribution in [2.45, 2.75) is 57.5 Å². The van der Waals surface area contributed by atoms with Gasteiger partial charge in [0, 0.05) is 55.0 Å². The molecule has 2 aliphatic rings. The lowest BCUT2D eigenvalue weighted by Crippen LogP contribution is -2.52. The second kappa shape index (κ2) is 8.83. The van der Waals surface area contributed by atoms with Crippen LogP contribution in [0.2, 0.25) is 0 Å². The van der Waals surface area contributed by atoms with Crippen molar-refractivity contribution in [1.29, 1.82) is 0 Å². The Morgan fingerprint density at radius 1 is 1.25 bits per heavy atom. The topological polar surface area (TPSA) is 69.7 Å². The fraction of sp³-hybridized carbons (Fsp3) is 0.882. The third-order valence-electron chi connectivity index (χ3n) is 5.23. The summed E-state index contributed by atoms with van der Waals surface area (Å²) >= 11 is 0. The van der Waals surface area contributed by atoms with Crippen LogP contribution in [0.25, 0.3) is 0 Å². The molecule has 1 aliphatic heterocycles. The Morgan fingerprint density at radius 2 is 1.92 bits per heavy atom. The molecule has 0 aromatic carbocycles.